The molecular weight excluding hydrogens is 544 g/mol. The minimum atomic E-state index is -1.30. The van der Waals surface area contributed by atoms with Gasteiger partial charge < -0.3 is 19.3 Å². The number of anilines is 2. The van der Waals surface area contributed by atoms with Crippen LogP contribution in [-0.2, 0) is 39.9 Å². The third-order valence-corrected chi connectivity index (χ3v) is 9.50. The van der Waals surface area contributed by atoms with Crippen LogP contribution < -0.4 is 9.80 Å². The number of carbonyl (C=O) groups is 4. The van der Waals surface area contributed by atoms with Crippen molar-refractivity contribution in [3.05, 3.63) is 82.0 Å². The van der Waals surface area contributed by atoms with Gasteiger partial charge in [0.2, 0.25) is 11.2 Å². The zero-order chi connectivity index (χ0) is 30.8. The molecule has 4 aliphatic rings. The number of esters is 2. The van der Waals surface area contributed by atoms with E-state index in [2.05, 4.69) is 13.2 Å². The van der Waals surface area contributed by atoms with Gasteiger partial charge in [-0.05, 0) is 62.8 Å². The molecule has 43 heavy (non-hydrogen) atoms. The van der Waals surface area contributed by atoms with Crippen molar-refractivity contribution in [1.29, 1.82) is 0 Å². The molecule has 6 rings (SSSR count). The molecule has 0 bridgehead atoms. The van der Waals surface area contributed by atoms with Crippen LogP contribution in [0.25, 0.3) is 0 Å². The molecule has 2 unspecified atom stereocenters. The molecule has 4 aliphatic heterocycles. The average molecular weight is 583 g/mol. The molecule has 2 aromatic rings. The first-order valence-electron chi connectivity index (χ1n) is 15.1. The Morgan fingerprint density at radius 1 is 0.605 bits per heavy atom. The van der Waals surface area contributed by atoms with E-state index < -0.39 is 23.1 Å². The second-order valence-electron chi connectivity index (χ2n) is 12.5. The maximum absolute atomic E-state index is 13.8. The number of hydrogen-bond donors (Lipinski definition) is 0. The van der Waals surface area contributed by atoms with E-state index in [0.29, 0.717) is 24.2 Å². The Morgan fingerprint density at radius 2 is 0.953 bits per heavy atom. The Balaban J connectivity index is 1.08. The number of aryl methyl sites for hydroxylation is 4. The van der Waals surface area contributed by atoms with Crippen molar-refractivity contribution >= 4 is 35.1 Å². The highest BCUT2D eigenvalue weighted by atomic mass is 16.6. The Bertz CT molecular complexity index is 1480. The third kappa shape index (κ3) is 4.17. The standard InChI is InChI=1S/C35H38N2O6/c1-20-12-14-22(3)28-26(20)34(18-24(5)30(38)42-34)32(40)36(28)16-10-8-7-9-11-17-37-29-23(4)15-13-21(2)27(29)35(33(37)41)19-25(6)31(39)43-35/h12-15H,5-11,16-19H2,1-4H3. The minimum Gasteiger partial charge on any atom is -0.440 e. The van der Waals surface area contributed by atoms with Crippen LogP contribution in [0.2, 0.25) is 0 Å². The van der Waals surface area contributed by atoms with Crippen molar-refractivity contribution in [2.75, 3.05) is 22.9 Å². The van der Waals surface area contributed by atoms with Gasteiger partial charge in [0.25, 0.3) is 11.8 Å². The number of carbonyl (C=O) groups excluding carboxylic acids is 4. The highest BCUT2D eigenvalue weighted by Crippen LogP contribution is 2.53. The van der Waals surface area contributed by atoms with Gasteiger partial charge in [-0.25, -0.2) is 9.59 Å². The van der Waals surface area contributed by atoms with Crippen LogP contribution in [-0.4, -0.2) is 36.8 Å². The van der Waals surface area contributed by atoms with Crippen molar-refractivity contribution in [1.82, 2.24) is 0 Å². The summed E-state index contributed by atoms with van der Waals surface area (Å²) >= 11 is 0. The van der Waals surface area contributed by atoms with Gasteiger partial charge in [-0.2, -0.15) is 0 Å². The van der Waals surface area contributed by atoms with Crippen LogP contribution in [0.15, 0.2) is 48.6 Å². The summed E-state index contributed by atoms with van der Waals surface area (Å²) in [5, 5.41) is 0. The van der Waals surface area contributed by atoms with Crippen molar-refractivity contribution in [2.45, 2.75) is 83.8 Å². The normalized spacial score (nSPS) is 24.1. The molecule has 0 N–H and O–H groups in total. The van der Waals surface area contributed by atoms with E-state index in [-0.39, 0.29) is 24.7 Å². The van der Waals surface area contributed by atoms with E-state index in [1.807, 2.05) is 52.0 Å². The lowest BCUT2D eigenvalue weighted by molar-refractivity contribution is -0.156. The fraction of sp³-hybridized carbons (Fsp3) is 0.429. The SMILES string of the molecule is C=C1CC2(OC1=O)C(=O)N(CCCCCCCN1C(=O)C3(CC(=C)C(=O)O3)c3c(C)ccc(C)c31)c1c(C)ccc(C)c12. The van der Waals surface area contributed by atoms with Crippen molar-refractivity contribution in [2.24, 2.45) is 0 Å². The number of rotatable bonds is 8. The number of benzene rings is 2. The van der Waals surface area contributed by atoms with Gasteiger partial charge >= 0.3 is 11.9 Å². The summed E-state index contributed by atoms with van der Waals surface area (Å²) in [5.74, 6) is -1.39. The molecular formula is C35H38N2O6. The summed E-state index contributed by atoms with van der Waals surface area (Å²) in [4.78, 5) is 55.8. The van der Waals surface area contributed by atoms with Crippen LogP contribution >= 0.6 is 0 Å². The van der Waals surface area contributed by atoms with Crippen LogP contribution in [0.1, 0.15) is 78.3 Å². The third-order valence-electron chi connectivity index (χ3n) is 9.50. The number of ether oxygens (including phenoxy) is 2. The fourth-order valence-corrected chi connectivity index (χ4v) is 7.45. The van der Waals surface area contributed by atoms with E-state index in [9.17, 15) is 19.2 Å². The predicted octanol–water partition coefficient (Wildman–Crippen LogP) is 5.66. The molecule has 0 aliphatic carbocycles. The van der Waals surface area contributed by atoms with Crippen molar-refractivity contribution in [3.8, 4) is 0 Å². The predicted molar refractivity (Wildman–Crippen MR) is 163 cm³/mol. The van der Waals surface area contributed by atoms with Crippen LogP contribution in [0.5, 0.6) is 0 Å². The van der Waals surface area contributed by atoms with Crippen LogP contribution in [0.3, 0.4) is 0 Å². The number of nitrogens with zero attached hydrogens (tertiary/aromatic N) is 2. The van der Waals surface area contributed by atoms with E-state index in [0.717, 1.165) is 76.9 Å². The molecule has 0 aromatic heterocycles. The Hall–Kier alpha value is -4.20. The molecule has 2 fully saturated rings. The topological polar surface area (TPSA) is 93.2 Å². The summed E-state index contributed by atoms with van der Waals surface area (Å²) < 4.78 is 11.5. The molecule has 2 saturated heterocycles. The largest absolute Gasteiger partial charge is 0.440 e. The molecule has 2 spiro atoms. The second kappa shape index (κ2) is 10.2. The summed E-state index contributed by atoms with van der Waals surface area (Å²) in [7, 11) is 0. The van der Waals surface area contributed by atoms with Crippen molar-refractivity contribution < 1.29 is 28.7 Å². The van der Waals surface area contributed by atoms with Gasteiger partial charge in [-0.15, -0.1) is 0 Å². The quantitative estimate of drug-likeness (QED) is 0.227. The number of hydrogen-bond acceptors (Lipinski definition) is 6. The zero-order valence-electron chi connectivity index (χ0n) is 25.4. The maximum Gasteiger partial charge on any atom is 0.335 e. The summed E-state index contributed by atoms with van der Waals surface area (Å²) in [6.45, 7) is 16.6. The summed E-state index contributed by atoms with van der Waals surface area (Å²) in [6, 6.07) is 7.96. The monoisotopic (exact) mass is 582 g/mol. The van der Waals surface area contributed by atoms with E-state index in [1.54, 1.807) is 9.80 Å². The maximum atomic E-state index is 13.8. The van der Waals surface area contributed by atoms with Crippen LogP contribution in [0.4, 0.5) is 11.4 Å². The lowest BCUT2D eigenvalue weighted by Crippen LogP contribution is -2.41. The van der Waals surface area contributed by atoms with E-state index in [1.165, 1.54) is 0 Å². The minimum absolute atomic E-state index is 0.185. The van der Waals surface area contributed by atoms with Gasteiger partial charge in [0.1, 0.15) is 0 Å². The lowest BCUT2D eigenvalue weighted by Gasteiger charge is -2.23. The first-order chi connectivity index (χ1) is 20.4. The molecule has 2 amide bonds. The molecule has 8 nitrogen and oxygen atoms in total. The number of unbranched alkanes of at least 4 members (excludes halogenated alkanes) is 4. The Morgan fingerprint density at radius 3 is 1.30 bits per heavy atom. The molecule has 0 radical (unpaired) electrons. The summed E-state index contributed by atoms with van der Waals surface area (Å²) in [6.07, 6.45) is 4.73. The van der Waals surface area contributed by atoms with Gasteiger partial charge in [0, 0.05) is 48.2 Å². The van der Waals surface area contributed by atoms with E-state index >= 15 is 0 Å². The Labute approximate surface area is 252 Å². The second-order valence-corrected chi connectivity index (χ2v) is 12.5. The molecule has 8 heteroatoms. The smallest absolute Gasteiger partial charge is 0.335 e. The number of fused-ring (bicyclic) bond motifs is 4. The first-order valence-corrected chi connectivity index (χ1v) is 15.1. The van der Waals surface area contributed by atoms with Gasteiger partial charge in [-0.3, -0.25) is 9.59 Å². The van der Waals surface area contributed by atoms with Gasteiger partial charge in [0.05, 0.1) is 11.4 Å². The first kappa shape index (κ1) is 28.9. The van der Waals surface area contributed by atoms with Crippen LogP contribution in [0, 0.1) is 27.7 Å². The lowest BCUT2D eigenvalue weighted by atomic mass is 9.87. The number of amides is 2. The highest BCUT2D eigenvalue weighted by molar-refractivity contribution is 6.13. The van der Waals surface area contributed by atoms with Gasteiger partial charge in [0.15, 0.2) is 0 Å². The average Bonchev–Trinajstić information content (AvgIpc) is 3.59. The van der Waals surface area contributed by atoms with Crippen molar-refractivity contribution in [3.63, 3.8) is 0 Å². The summed E-state index contributed by atoms with van der Waals surface area (Å²) in [5.41, 5.74) is 5.17. The Kier molecular flexibility index (Phi) is 6.86. The molecule has 224 valence electrons. The fourth-order valence-electron chi connectivity index (χ4n) is 7.45. The van der Waals surface area contributed by atoms with Gasteiger partial charge in [-0.1, -0.05) is 56.7 Å². The molecule has 0 saturated carbocycles. The molecule has 2 atom stereocenters. The molecule has 4 heterocycles. The van der Waals surface area contributed by atoms with E-state index in [4.69, 9.17) is 9.47 Å². The molecule has 2 aromatic carbocycles. The highest BCUT2D eigenvalue weighted by Gasteiger charge is 2.60. The zero-order valence-corrected chi connectivity index (χ0v) is 25.4.